The standard InChI is InChI=1S/C25H20ClN3O3S/c1-16-3-2-4-19(13-16)27-23(30)15-29-24(31)22(28-25(29)32)14-17-5-9-20(10-6-17)33-21-11-7-18(26)8-12-21/h2-14H,15H2,1H3,(H,27,30)(H,28,32)/b22-14+. The topological polar surface area (TPSA) is 78.5 Å². The normalized spacial score (nSPS) is 14.5. The van der Waals surface area contributed by atoms with Crippen LogP contribution in [0.25, 0.3) is 6.08 Å². The van der Waals surface area contributed by atoms with Gasteiger partial charge in [0.1, 0.15) is 12.2 Å². The Morgan fingerprint density at radius 3 is 2.36 bits per heavy atom. The minimum Gasteiger partial charge on any atom is -0.325 e. The fraction of sp³-hybridized carbons (Fsp3) is 0.0800. The van der Waals surface area contributed by atoms with E-state index in [1.54, 1.807) is 23.9 Å². The van der Waals surface area contributed by atoms with E-state index in [1.165, 1.54) is 0 Å². The number of aryl methyl sites for hydroxylation is 1. The number of carbonyl (C=O) groups is 3. The molecule has 166 valence electrons. The molecule has 0 bridgehead atoms. The highest BCUT2D eigenvalue weighted by Crippen LogP contribution is 2.29. The van der Waals surface area contributed by atoms with E-state index in [-0.39, 0.29) is 12.2 Å². The molecule has 1 fully saturated rings. The fourth-order valence-electron chi connectivity index (χ4n) is 3.22. The molecule has 6 nitrogen and oxygen atoms in total. The quantitative estimate of drug-likeness (QED) is 0.371. The van der Waals surface area contributed by atoms with Crippen LogP contribution < -0.4 is 10.6 Å². The molecule has 0 spiro atoms. The Morgan fingerprint density at radius 1 is 1.03 bits per heavy atom. The number of hydrogen-bond acceptors (Lipinski definition) is 4. The Kier molecular flexibility index (Phi) is 6.82. The number of anilines is 1. The molecule has 0 saturated carbocycles. The maximum absolute atomic E-state index is 12.7. The third-order valence-electron chi connectivity index (χ3n) is 4.81. The second-order valence-corrected chi connectivity index (χ2v) is 9.01. The average molecular weight is 478 g/mol. The van der Waals surface area contributed by atoms with E-state index in [2.05, 4.69) is 10.6 Å². The van der Waals surface area contributed by atoms with Crippen LogP contribution in [0.4, 0.5) is 10.5 Å². The van der Waals surface area contributed by atoms with Crippen molar-refractivity contribution in [1.29, 1.82) is 0 Å². The number of nitrogens with one attached hydrogen (secondary N) is 2. The molecule has 0 aliphatic carbocycles. The van der Waals surface area contributed by atoms with Crippen LogP contribution >= 0.6 is 23.4 Å². The maximum Gasteiger partial charge on any atom is 0.329 e. The number of benzene rings is 3. The van der Waals surface area contributed by atoms with Crippen LogP contribution in [0, 0.1) is 6.92 Å². The Morgan fingerprint density at radius 2 is 1.70 bits per heavy atom. The molecule has 1 aliphatic rings. The number of nitrogens with zero attached hydrogens (tertiary/aromatic N) is 1. The lowest BCUT2D eigenvalue weighted by Crippen LogP contribution is -2.38. The van der Waals surface area contributed by atoms with Gasteiger partial charge in [-0.25, -0.2) is 9.69 Å². The van der Waals surface area contributed by atoms with Crippen LogP contribution in [-0.4, -0.2) is 29.3 Å². The average Bonchev–Trinajstić information content (AvgIpc) is 3.04. The second-order valence-electron chi connectivity index (χ2n) is 7.42. The van der Waals surface area contributed by atoms with Crippen LogP contribution in [0.1, 0.15) is 11.1 Å². The van der Waals surface area contributed by atoms with Crippen molar-refractivity contribution in [3.8, 4) is 0 Å². The van der Waals surface area contributed by atoms with Gasteiger partial charge in [0.25, 0.3) is 5.91 Å². The molecule has 8 heteroatoms. The third-order valence-corrected chi connectivity index (χ3v) is 6.07. The monoisotopic (exact) mass is 477 g/mol. The second kappa shape index (κ2) is 9.94. The molecule has 1 heterocycles. The molecule has 1 aliphatic heterocycles. The number of halogens is 1. The van der Waals surface area contributed by atoms with Gasteiger partial charge in [0.15, 0.2) is 0 Å². The van der Waals surface area contributed by atoms with Crippen LogP contribution in [0.5, 0.6) is 0 Å². The lowest BCUT2D eigenvalue weighted by molar-refractivity contribution is -0.127. The van der Waals surface area contributed by atoms with Gasteiger partial charge in [-0.3, -0.25) is 9.59 Å². The predicted octanol–water partition coefficient (Wildman–Crippen LogP) is 5.33. The SMILES string of the molecule is Cc1cccc(NC(=O)CN2C(=O)N/C(=C/c3ccc(Sc4ccc(Cl)cc4)cc3)C2=O)c1. The summed E-state index contributed by atoms with van der Waals surface area (Å²) in [4.78, 5) is 40.2. The Labute approximate surface area is 200 Å². The number of hydrogen-bond donors (Lipinski definition) is 2. The Bertz CT molecular complexity index is 1240. The predicted molar refractivity (Wildman–Crippen MR) is 130 cm³/mol. The molecule has 3 aromatic carbocycles. The summed E-state index contributed by atoms with van der Waals surface area (Å²) >= 11 is 7.51. The zero-order valence-corrected chi connectivity index (χ0v) is 19.2. The highest BCUT2D eigenvalue weighted by molar-refractivity contribution is 7.99. The van der Waals surface area contributed by atoms with E-state index in [0.29, 0.717) is 10.7 Å². The van der Waals surface area contributed by atoms with Crippen molar-refractivity contribution in [1.82, 2.24) is 10.2 Å². The highest BCUT2D eigenvalue weighted by Gasteiger charge is 2.34. The molecule has 0 radical (unpaired) electrons. The Hall–Kier alpha value is -3.55. The first-order valence-corrected chi connectivity index (χ1v) is 11.3. The molecule has 1 saturated heterocycles. The molecular weight excluding hydrogens is 458 g/mol. The first-order chi connectivity index (χ1) is 15.9. The molecule has 2 N–H and O–H groups in total. The Balaban J connectivity index is 1.39. The first kappa shape index (κ1) is 22.6. The molecule has 0 unspecified atom stereocenters. The van der Waals surface area contributed by atoms with Gasteiger partial charge in [-0.05, 0) is 72.7 Å². The summed E-state index contributed by atoms with van der Waals surface area (Å²) in [5.41, 5.74) is 2.48. The lowest BCUT2D eigenvalue weighted by Gasteiger charge is -2.12. The van der Waals surface area contributed by atoms with Gasteiger partial charge >= 0.3 is 6.03 Å². The van der Waals surface area contributed by atoms with Gasteiger partial charge in [0, 0.05) is 20.5 Å². The number of rotatable bonds is 6. The van der Waals surface area contributed by atoms with Crippen molar-refractivity contribution < 1.29 is 14.4 Å². The summed E-state index contributed by atoms with van der Waals surface area (Å²) in [5, 5.41) is 5.93. The van der Waals surface area contributed by atoms with E-state index in [0.717, 1.165) is 25.8 Å². The van der Waals surface area contributed by atoms with Crippen LogP contribution in [0.3, 0.4) is 0 Å². The third kappa shape index (κ3) is 5.83. The number of urea groups is 1. The number of imide groups is 1. The van der Waals surface area contributed by atoms with E-state index < -0.39 is 17.8 Å². The van der Waals surface area contributed by atoms with Crippen LogP contribution in [0.2, 0.25) is 5.02 Å². The molecule has 0 atom stereocenters. The zero-order valence-electron chi connectivity index (χ0n) is 17.7. The van der Waals surface area contributed by atoms with Gasteiger partial charge < -0.3 is 10.6 Å². The molecule has 0 aromatic heterocycles. The van der Waals surface area contributed by atoms with Crippen molar-refractivity contribution >= 4 is 53.0 Å². The van der Waals surface area contributed by atoms with Gasteiger partial charge in [-0.2, -0.15) is 0 Å². The molecule has 3 aromatic rings. The summed E-state index contributed by atoms with van der Waals surface area (Å²) in [6, 6.07) is 21.8. The summed E-state index contributed by atoms with van der Waals surface area (Å²) in [6.07, 6.45) is 1.59. The largest absolute Gasteiger partial charge is 0.329 e. The van der Waals surface area contributed by atoms with Gasteiger partial charge in [0.2, 0.25) is 5.91 Å². The fourth-order valence-corrected chi connectivity index (χ4v) is 4.16. The van der Waals surface area contributed by atoms with E-state index in [9.17, 15) is 14.4 Å². The first-order valence-electron chi connectivity index (χ1n) is 10.1. The van der Waals surface area contributed by atoms with Crippen molar-refractivity contribution in [2.24, 2.45) is 0 Å². The maximum atomic E-state index is 12.7. The summed E-state index contributed by atoms with van der Waals surface area (Å²) < 4.78 is 0. The van der Waals surface area contributed by atoms with Crippen LogP contribution in [0.15, 0.2) is 88.3 Å². The molecule has 4 amide bonds. The van der Waals surface area contributed by atoms with E-state index in [4.69, 9.17) is 11.6 Å². The van der Waals surface area contributed by atoms with Crippen molar-refractivity contribution in [3.63, 3.8) is 0 Å². The van der Waals surface area contributed by atoms with Gasteiger partial charge in [-0.15, -0.1) is 0 Å². The minimum atomic E-state index is -0.624. The number of amides is 4. The van der Waals surface area contributed by atoms with Crippen molar-refractivity contribution in [3.05, 3.63) is 94.6 Å². The number of carbonyl (C=O) groups excluding carboxylic acids is 3. The van der Waals surface area contributed by atoms with Crippen LogP contribution in [-0.2, 0) is 9.59 Å². The lowest BCUT2D eigenvalue weighted by atomic mass is 10.2. The zero-order chi connectivity index (χ0) is 23.4. The van der Waals surface area contributed by atoms with Gasteiger partial charge in [0.05, 0.1) is 0 Å². The van der Waals surface area contributed by atoms with E-state index >= 15 is 0 Å². The summed E-state index contributed by atoms with van der Waals surface area (Å²) in [6.45, 7) is 1.54. The van der Waals surface area contributed by atoms with E-state index in [1.807, 2.05) is 73.7 Å². The van der Waals surface area contributed by atoms with Crippen molar-refractivity contribution in [2.45, 2.75) is 16.7 Å². The summed E-state index contributed by atoms with van der Waals surface area (Å²) in [5.74, 6) is -0.993. The molecule has 4 rings (SSSR count). The molecule has 33 heavy (non-hydrogen) atoms. The highest BCUT2D eigenvalue weighted by atomic mass is 35.5. The minimum absolute atomic E-state index is 0.126. The molecular formula is C25H20ClN3O3S. The van der Waals surface area contributed by atoms with Crippen molar-refractivity contribution in [2.75, 3.05) is 11.9 Å². The van der Waals surface area contributed by atoms with Gasteiger partial charge in [-0.1, -0.05) is 47.6 Å². The summed E-state index contributed by atoms with van der Waals surface area (Å²) in [7, 11) is 0. The smallest absolute Gasteiger partial charge is 0.325 e.